The fourth-order valence-electron chi connectivity index (χ4n) is 2.98. The van der Waals surface area contributed by atoms with Crippen molar-refractivity contribution in [2.75, 3.05) is 4.72 Å². The molecule has 0 aliphatic heterocycles. The van der Waals surface area contributed by atoms with Gasteiger partial charge in [-0.25, -0.2) is 13.2 Å². The summed E-state index contributed by atoms with van der Waals surface area (Å²) in [7, 11) is -3.98. The molecule has 2 heterocycles. The number of nitrogens with zero attached hydrogens (tertiary/aromatic N) is 2. The lowest BCUT2D eigenvalue weighted by atomic mass is 10.1. The molecule has 0 amide bonds. The zero-order chi connectivity index (χ0) is 21.5. The highest BCUT2D eigenvalue weighted by Gasteiger charge is 2.20. The van der Waals surface area contributed by atoms with E-state index in [0.29, 0.717) is 21.5 Å². The summed E-state index contributed by atoms with van der Waals surface area (Å²) in [4.78, 5) is 23.0. The lowest BCUT2D eigenvalue weighted by molar-refractivity contribution is 0.601. The fraction of sp³-hybridized carbons (Fsp3) is 0.0500. The minimum Gasteiger partial charge on any atom is -0.305 e. The summed E-state index contributed by atoms with van der Waals surface area (Å²) in [5.41, 5.74) is 1.09. The van der Waals surface area contributed by atoms with E-state index in [1.807, 2.05) is 0 Å². The van der Waals surface area contributed by atoms with Crippen LogP contribution < -0.4 is 10.4 Å². The summed E-state index contributed by atoms with van der Waals surface area (Å²) >= 11 is 12.1. The van der Waals surface area contributed by atoms with E-state index in [0.717, 1.165) is 0 Å². The Bertz CT molecular complexity index is 1450. The number of hydrogen-bond donors (Lipinski definition) is 2. The monoisotopic (exact) mass is 460 g/mol. The van der Waals surface area contributed by atoms with Crippen molar-refractivity contribution in [2.45, 2.75) is 11.8 Å². The Morgan fingerprint density at radius 1 is 1.03 bits per heavy atom. The van der Waals surface area contributed by atoms with Crippen molar-refractivity contribution in [3.05, 3.63) is 80.8 Å². The first-order valence-electron chi connectivity index (χ1n) is 8.68. The first-order valence-corrected chi connectivity index (χ1v) is 10.9. The second-order valence-electron chi connectivity index (χ2n) is 6.50. The van der Waals surface area contributed by atoms with Crippen molar-refractivity contribution in [1.29, 1.82) is 0 Å². The molecule has 4 rings (SSSR count). The third-order valence-electron chi connectivity index (χ3n) is 4.40. The second kappa shape index (κ2) is 7.71. The average Bonchev–Trinajstić information content (AvgIpc) is 2.69. The number of rotatable bonds is 4. The zero-order valence-electron chi connectivity index (χ0n) is 15.5. The number of aromatic nitrogens is 3. The molecule has 2 aromatic heterocycles. The van der Waals surface area contributed by atoms with Gasteiger partial charge in [0.25, 0.3) is 10.0 Å². The van der Waals surface area contributed by atoms with Crippen LogP contribution in [-0.4, -0.2) is 23.4 Å². The molecule has 7 nitrogen and oxygen atoms in total. The van der Waals surface area contributed by atoms with Gasteiger partial charge in [-0.05, 0) is 42.8 Å². The number of para-hydroxylation sites is 1. The highest BCUT2D eigenvalue weighted by atomic mass is 35.5. The molecule has 10 heteroatoms. The maximum Gasteiger partial charge on any atom is 0.346 e. The number of pyridine rings is 1. The number of H-pyrrole nitrogens is 1. The van der Waals surface area contributed by atoms with Crippen LogP contribution in [0.25, 0.3) is 22.3 Å². The molecule has 4 aromatic rings. The zero-order valence-corrected chi connectivity index (χ0v) is 17.8. The van der Waals surface area contributed by atoms with E-state index < -0.39 is 15.7 Å². The van der Waals surface area contributed by atoms with Crippen LogP contribution in [0.4, 0.5) is 5.69 Å². The predicted octanol–water partition coefficient (Wildman–Crippen LogP) is 4.40. The topological polar surface area (TPSA) is 105 Å². The number of aromatic amines is 1. The highest BCUT2D eigenvalue weighted by Crippen LogP contribution is 2.32. The SMILES string of the molecule is Cc1cc(S(=O)(=O)Nc2cc(Cl)cnc2-c2nc(=O)[nH]c3ccccc23)ccc1Cl. The van der Waals surface area contributed by atoms with E-state index in [9.17, 15) is 13.2 Å². The Balaban J connectivity index is 1.88. The van der Waals surface area contributed by atoms with Gasteiger partial charge in [-0.3, -0.25) is 9.71 Å². The van der Waals surface area contributed by atoms with Crippen molar-refractivity contribution in [3.63, 3.8) is 0 Å². The van der Waals surface area contributed by atoms with Gasteiger partial charge >= 0.3 is 5.69 Å². The molecule has 0 spiro atoms. The van der Waals surface area contributed by atoms with Crippen molar-refractivity contribution in [2.24, 2.45) is 0 Å². The van der Waals surface area contributed by atoms with Crippen LogP contribution in [0, 0.1) is 6.92 Å². The minimum atomic E-state index is -3.98. The molecular formula is C20H14Cl2N4O3S. The number of halogens is 2. The van der Waals surface area contributed by atoms with Crippen molar-refractivity contribution in [1.82, 2.24) is 15.0 Å². The van der Waals surface area contributed by atoms with Gasteiger partial charge in [-0.2, -0.15) is 4.98 Å². The highest BCUT2D eigenvalue weighted by molar-refractivity contribution is 7.92. The maximum atomic E-state index is 13.0. The Morgan fingerprint density at radius 2 is 1.80 bits per heavy atom. The normalized spacial score (nSPS) is 11.6. The van der Waals surface area contributed by atoms with Gasteiger partial charge in [0.1, 0.15) is 11.4 Å². The van der Waals surface area contributed by atoms with Gasteiger partial charge in [0.2, 0.25) is 0 Å². The van der Waals surface area contributed by atoms with Crippen LogP contribution in [0.3, 0.4) is 0 Å². The number of hydrogen-bond acceptors (Lipinski definition) is 5. The maximum absolute atomic E-state index is 13.0. The van der Waals surface area contributed by atoms with Crippen molar-refractivity contribution in [3.8, 4) is 11.4 Å². The van der Waals surface area contributed by atoms with Crippen LogP contribution in [0.1, 0.15) is 5.56 Å². The van der Waals surface area contributed by atoms with Gasteiger partial charge < -0.3 is 4.98 Å². The van der Waals surface area contributed by atoms with Gasteiger partial charge in [-0.1, -0.05) is 41.4 Å². The quantitative estimate of drug-likeness (QED) is 0.469. The summed E-state index contributed by atoms with van der Waals surface area (Å²) in [6.07, 6.45) is 1.36. The van der Waals surface area contributed by atoms with Crippen LogP contribution >= 0.6 is 23.2 Å². The predicted molar refractivity (Wildman–Crippen MR) is 118 cm³/mol. The van der Waals surface area contributed by atoms with Gasteiger partial charge in [0.15, 0.2) is 0 Å². The first-order chi connectivity index (χ1) is 14.2. The molecule has 0 aliphatic carbocycles. The molecule has 30 heavy (non-hydrogen) atoms. The van der Waals surface area contributed by atoms with E-state index in [1.165, 1.54) is 30.5 Å². The Kier molecular flexibility index (Phi) is 5.23. The lowest BCUT2D eigenvalue weighted by Crippen LogP contribution is -2.16. The Labute approximate surface area is 181 Å². The molecule has 152 valence electrons. The summed E-state index contributed by atoms with van der Waals surface area (Å²) < 4.78 is 28.5. The minimum absolute atomic E-state index is 0.0269. The molecule has 0 fully saturated rings. The summed E-state index contributed by atoms with van der Waals surface area (Å²) in [5, 5.41) is 1.28. The smallest absolute Gasteiger partial charge is 0.305 e. The molecule has 0 bridgehead atoms. The van der Waals surface area contributed by atoms with E-state index >= 15 is 0 Å². The fourth-order valence-corrected chi connectivity index (χ4v) is 4.40. The van der Waals surface area contributed by atoms with Gasteiger partial charge in [0.05, 0.1) is 21.1 Å². The molecular weight excluding hydrogens is 447 g/mol. The van der Waals surface area contributed by atoms with E-state index in [2.05, 4.69) is 19.7 Å². The number of nitrogens with one attached hydrogen (secondary N) is 2. The molecule has 2 aromatic carbocycles. The number of fused-ring (bicyclic) bond motifs is 1. The molecule has 0 aliphatic rings. The van der Waals surface area contributed by atoms with Gasteiger partial charge in [0, 0.05) is 16.6 Å². The average molecular weight is 461 g/mol. The third kappa shape index (κ3) is 3.89. The molecule has 0 unspecified atom stereocenters. The van der Waals surface area contributed by atoms with E-state index in [-0.39, 0.29) is 27.0 Å². The van der Waals surface area contributed by atoms with Crippen LogP contribution in [0.5, 0.6) is 0 Å². The number of sulfonamides is 1. The Hall–Kier alpha value is -2.94. The summed E-state index contributed by atoms with van der Waals surface area (Å²) in [6, 6.07) is 12.8. The van der Waals surface area contributed by atoms with E-state index in [1.54, 1.807) is 31.2 Å². The Morgan fingerprint density at radius 3 is 2.57 bits per heavy atom. The molecule has 0 saturated heterocycles. The standard InChI is InChI=1S/C20H14Cl2N4O3S/c1-11-8-13(6-7-15(11)22)30(28,29)26-17-9-12(21)10-23-19(17)18-14-4-2-3-5-16(14)24-20(27)25-18/h2-10,26H,1H3,(H,24,25,27). The van der Waals surface area contributed by atoms with Gasteiger partial charge in [-0.15, -0.1) is 0 Å². The number of benzene rings is 2. The van der Waals surface area contributed by atoms with Crippen LogP contribution in [0.2, 0.25) is 10.0 Å². The second-order valence-corrected chi connectivity index (χ2v) is 9.03. The first kappa shape index (κ1) is 20.3. The number of aryl methyl sites for hydroxylation is 1. The largest absolute Gasteiger partial charge is 0.346 e. The molecule has 0 atom stereocenters. The van der Waals surface area contributed by atoms with Crippen molar-refractivity contribution >= 4 is 49.8 Å². The van der Waals surface area contributed by atoms with Crippen LogP contribution in [-0.2, 0) is 10.0 Å². The molecule has 0 radical (unpaired) electrons. The summed E-state index contributed by atoms with van der Waals surface area (Å²) in [6.45, 7) is 1.71. The third-order valence-corrected chi connectivity index (χ3v) is 6.39. The summed E-state index contributed by atoms with van der Waals surface area (Å²) in [5.74, 6) is 0. The van der Waals surface area contributed by atoms with Crippen LogP contribution in [0.15, 0.2) is 64.4 Å². The van der Waals surface area contributed by atoms with E-state index in [4.69, 9.17) is 23.2 Å². The molecule has 2 N–H and O–H groups in total. The number of anilines is 1. The van der Waals surface area contributed by atoms with Crippen molar-refractivity contribution < 1.29 is 8.42 Å². The lowest BCUT2D eigenvalue weighted by Gasteiger charge is -2.13. The molecule has 0 saturated carbocycles.